The second kappa shape index (κ2) is 3.47. The molecule has 1 N–H and O–H groups in total. The third kappa shape index (κ3) is 1.83. The molecule has 1 unspecified atom stereocenters. The third-order valence-electron chi connectivity index (χ3n) is 3.34. The fraction of sp³-hybridized carbons (Fsp3) is 0.667. The zero-order chi connectivity index (χ0) is 11.1. The maximum atomic E-state index is 11.7. The molecule has 0 saturated heterocycles. The maximum absolute atomic E-state index is 11.7. The van der Waals surface area contributed by atoms with Crippen molar-refractivity contribution in [2.75, 3.05) is 0 Å². The van der Waals surface area contributed by atoms with Gasteiger partial charge in [0.2, 0.25) is 0 Å². The van der Waals surface area contributed by atoms with Crippen LogP contribution in [0.1, 0.15) is 44.9 Å². The van der Waals surface area contributed by atoms with Crippen LogP contribution in [0, 0.1) is 5.92 Å². The standard InChI is InChI=1S/C12H18N2O/c1-8-4-5-9-10(12(2,3)6-8)13-7-14-11(9)15/h7-8H,4-6H2,1-3H3,(H,13,14,15). The molecule has 1 atom stereocenters. The highest BCUT2D eigenvalue weighted by molar-refractivity contribution is 5.25. The van der Waals surface area contributed by atoms with Crippen molar-refractivity contribution in [3.63, 3.8) is 0 Å². The van der Waals surface area contributed by atoms with Crippen LogP contribution in [-0.4, -0.2) is 9.97 Å². The lowest BCUT2D eigenvalue weighted by Crippen LogP contribution is -2.25. The lowest BCUT2D eigenvalue weighted by molar-refractivity contribution is 0.374. The van der Waals surface area contributed by atoms with Crippen LogP contribution in [-0.2, 0) is 11.8 Å². The van der Waals surface area contributed by atoms with Crippen LogP contribution in [0.4, 0.5) is 0 Å². The Morgan fingerprint density at radius 3 is 3.00 bits per heavy atom. The van der Waals surface area contributed by atoms with E-state index >= 15 is 0 Å². The topological polar surface area (TPSA) is 45.8 Å². The predicted octanol–water partition coefficient (Wildman–Crippen LogP) is 2.02. The molecule has 1 heterocycles. The second-order valence-corrected chi connectivity index (χ2v) is 5.29. The number of nitrogens with zero attached hydrogens (tertiary/aromatic N) is 1. The monoisotopic (exact) mass is 206 g/mol. The Kier molecular flexibility index (Phi) is 2.41. The van der Waals surface area contributed by atoms with E-state index in [-0.39, 0.29) is 11.0 Å². The van der Waals surface area contributed by atoms with E-state index in [4.69, 9.17) is 0 Å². The van der Waals surface area contributed by atoms with E-state index in [1.807, 2.05) is 0 Å². The Hall–Kier alpha value is -1.12. The van der Waals surface area contributed by atoms with Gasteiger partial charge in [-0.25, -0.2) is 4.98 Å². The van der Waals surface area contributed by atoms with E-state index in [1.54, 1.807) is 0 Å². The minimum absolute atomic E-state index is 0.0273. The van der Waals surface area contributed by atoms with Crippen molar-refractivity contribution in [1.82, 2.24) is 9.97 Å². The highest BCUT2D eigenvalue weighted by Gasteiger charge is 2.31. The first-order chi connectivity index (χ1) is 7.00. The van der Waals surface area contributed by atoms with Crippen molar-refractivity contribution in [3.05, 3.63) is 27.9 Å². The van der Waals surface area contributed by atoms with Gasteiger partial charge in [-0.15, -0.1) is 0 Å². The van der Waals surface area contributed by atoms with Gasteiger partial charge in [0.25, 0.3) is 5.56 Å². The molecule has 1 aliphatic carbocycles. The first-order valence-corrected chi connectivity index (χ1v) is 5.58. The van der Waals surface area contributed by atoms with Gasteiger partial charge in [0, 0.05) is 11.0 Å². The number of H-pyrrole nitrogens is 1. The first kappa shape index (κ1) is 10.4. The Morgan fingerprint density at radius 1 is 1.53 bits per heavy atom. The quantitative estimate of drug-likeness (QED) is 0.660. The third-order valence-corrected chi connectivity index (χ3v) is 3.34. The molecular weight excluding hydrogens is 188 g/mol. The fourth-order valence-electron chi connectivity index (χ4n) is 2.70. The fourth-order valence-corrected chi connectivity index (χ4v) is 2.70. The van der Waals surface area contributed by atoms with Crippen LogP contribution in [0.3, 0.4) is 0 Å². The van der Waals surface area contributed by atoms with Crippen LogP contribution in [0.5, 0.6) is 0 Å². The van der Waals surface area contributed by atoms with Gasteiger partial charge in [-0.05, 0) is 25.2 Å². The van der Waals surface area contributed by atoms with E-state index in [1.165, 1.54) is 6.33 Å². The molecule has 0 spiro atoms. The van der Waals surface area contributed by atoms with E-state index in [0.717, 1.165) is 30.5 Å². The molecule has 0 bridgehead atoms. The van der Waals surface area contributed by atoms with Gasteiger partial charge in [-0.3, -0.25) is 4.79 Å². The molecule has 0 radical (unpaired) electrons. The molecule has 0 aliphatic heterocycles. The molecule has 0 amide bonds. The SMILES string of the molecule is CC1CCc2c(nc[nH]c2=O)C(C)(C)C1. The minimum Gasteiger partial charge on any atom is -0.313 e. The van der Waals surface area contributed by atoms with Crippen LogP contribution in [0.25, 0.3) is 0 Å². The van der Waals surface area contributed by atoms with E-state index in [9.17, 15) is 4.79 Å². The first-order valence-electron chi connectivity index (χ1n) is 5.58. The number of fused-ring (bicyclic) bond motifs is 1. The predicted molar refractivity (Wildman–Crippen MR) is 60.0 cm³/mol. The molecule has 1 aromatic rings. The van der Waals surface area contributed by atoms with Crippen LogP contribution in [0.2, 0.25) is 0 Å². The number of rotatable bonds is 0. The van der Waals surface area contributed by atoms with E-state index in [2.05, 4.69) is 30.7 Å². The van der Waals surface area contributed by atoms with Gasteiger partial charge in [0.1, 0.15) is 0 Å². The Balaban J connectivity index is 2.58. The summed E-state index contributed by atoms with van der Waals surface area (Å²) in [6.07, 6.45) is 4.59. The van der Waals surface area contributed by atoms with Crippen molar-refractivity contribution >= 4 is 0 Å². The number of aromatic amines is 1. The van der Waals surface area contributed by atoms with Crippen molar-refractivity contribution in [3.8, 4) is 0 Å². The summed E-state index contributed by atoms with van der Waals surface area (Å²) < 4.78 is 0. The average molecular weight is 206 g/mol. The highest BCUT2D eigenvalue weighted by atomic mass is 16.1. The normalized spacial score (nSPS) is 24.3. The van der Waals surface area contributed by atoms with E-state index < -0.39 is 0 Å². The number of aromatic nitrogens is 2. The number of hydrogen-bond acceptors (Lipinski definition) is 2. The van der Waals surface area contributed by atoms with Crippen molar-refractivity contribution < 1.29 is 0 Å². The molecule has 82 valence electrons. The largest absolute Gasteiger partial charge is 0.313 e. The number of hydrogen-bond donors (Lipinski definition) is 1. The summed E-state index contributed by atoms with van der Waals surface area (Å²) >= 11 is 0. The summed E-state index contributed by atoms with van der Waals surface area (Å²) in [6.45, 7) is 6.61. The zero-order valence-electron chi connectivity index (χ0n) is 9.63. The molecule has 15 heavy (non-hydrogen) atoms. The Bertz CT molecular complexity index is 420. The molecule has 3 heteroatoms. The summed E-state index contributed by atoms with van der Waals surface area (Å²) in [5.41, 5.74) is 1.96. The summed E-state index contributed by atoms with van der Waals surface area (Å²) in [5, 5.41) is 0. The second-order valence-electron chi connectivity index (χ2n) is 5.29. The van der Waals surface area contributed by atoms with Crippen molar-refractivity contribution in [2.24, 2.45) is 5.92 Å². The molecule has 1 aliphatic rings. The molecule has 3 nitrogen and oxygen atoms in total. The van der Waals surface area contributed by atoms with Gasteiger partial charge >= 0.3 is 0 Å². The summed E-state index contributed by atoms with van der Waals surface area (Å²) in [4.78, 5) is 18.8. The molecule has 0 aromatic carbocycles. The molecule has 0 fully saturated rings. The summed E-state index contributed by atoms with van der Waals surface area (Å²) in [5.74, 6) is 0.661. The van der Waals surface area contributed by atoms with Gasteiger partial charge < -0.3 is 4.98 Å². The lowest BCUT2D eigenvalue weighted by Gasteiger charge is -2.25. The minimum atomic E-state index is 0.0273. The van der Waals surface area contributed by atoms with Crippen molar-refractivity contribution in [2.45, 2.75) is 45.4 Å². The average Bonchev–Trinajstić information content (AvgIpc) is 2.24. The lowest BCUT2D eigenvalue weighted by atomic mass is 9.81. The zero-order valence-corrected chi connectivity index (χ0v) is 9.63. The summed E-state index contributed by atoms with van der Waals surface area (Å²) in [6, 6.07) is 0. The van der Waals surface area contributed by atoms with E-state index in [0.29, 0.717) is 5.92 Å². The van der Waals surface area contributed by atoms with Gasteiger partial charge in [0.15, 0.2) is 0 Å². The summed E-state index contributed by atoms with van der Waals surface area (Å²) in [7, 11) is 0. The van der Waals surface area contributed by atoms with Crippen LogP contribution in [0.15, 0.2) is 11.1 Å². The smallest absolute Gasteiger partial charge is 0.254 e. The molecule has 0 saturated carbocycles. The molecule has 1 aromatic heterocycles. The highest BCUT2D eigenvalue weighted by Crippen LogP contribution is 2.35. The Morgan fingerprint density at radius 2 is 2.27 bits per heavy atom. The maximum Gasteiger partial charge on any atom is 0.254 e. The molecule has 2 rings (SSSR count). The van der Waals surface area contributed by atoms with Gasteiger partial charge in [-0.2, -0.15) is 0 Å². The number of nitrogens with one attached hydrogen (secondary N) is 1. The van der Waals surface area contributed by atoms with Crippen LogP contribution < -0.4 is 5.56 Å². The molecular formula is C12H18N2O. The Labute approximate surface area is 89.9 Å². The van der Waals surface area contributed by atoms with Crippen LogP contribution >= 0.6 is 0 Å². The van der Waals surface area contributed by atoms with Gasteiger partial charge in [-0.1, -0.05) is 20.8 Å². The van der Waals surface area contributed by atoms with Gasteiger partial charge in [0.05, 0.1) is 12.0 Å². The van der Waals surface area contributed by atoms with Crippen molar-refractivity contribution in [1.29, 1.82) is 0 Å².